The largest absolute Gasteiger partial charge is 0.480 e. The van der Waals surface area contributed by atoms with Crippen molar-refractivity contribution in [3.05, 3.63) is 0 Å². The molecule has 0 spiro atoms. The topological polar surface area (TPSA) is 66.8 Å². The van der Waals surface area contributed by atoms with Gasteiger partial charge in [0.1, 0.15) is 6.04 Å². The summed E-state index contributed by atoms with van der Waals surface area (Å²) in [4.78, 5) is 22.8. The molecule has 5 nitrogen and oxygen atoms in total. The maximum absolute atomic E-state index is 11.2. The van der Waals surface area contributed by atoms with Crippen LogP contribution in [0.25, 0.3) is 0 Å². The van der Waals surface area contributed by atoms with E-state index < -0.39 is 18.1 Å². The third-order valence-electron chi connectivity index (χ3n) is 1.95. The second-order valence-electron chi connectivity index (χ2n) is 3.09. The van der Waals surface area contributed by atoms with E-state index in [2.05, 4.69) is 0 Å². The molecule has 0 aliphatic carbocycles. The van der Waals surface area contributed by atoms with Crippen LogP contribution in [0.4, 0.5) is 4.79 Å². The van der Waals surface area contributed by atoms with E-state index in [0.29, 0.717) is 6.61 Å². The van der Waals surface area contributed by atoms with Crippen molar-refractivity contribution in [2.75, 3.05) is 13.7 Å². The zero-order chi connectivity index (χ0) is 11.1. The number of unbranched alkanes of at least 4 members (excludes halogenated alkanes) is 1. The summed E-state index contributed by atoms with van der Waals surface area (Å²) in [7, 11) is 1.41. The number of carboxylic acid groups (broad SMARTS) is 1. The summed E-state index contributed by atoms with van der Waals surface area (Å²) in [6, 6.07) is -0.857. The summed E-state index contributed by atoms with van der Waals surface area (Å²) >= 11 is 0. The summed E-state index contributed by atoms with van der Waals surface area (Å²) in [5, 5.41) is 8.62. The minimum absolute atomic E-state index is 0.339. The maximum atomic E-state index is 11.2. The molecule has 0 aliphatic rings. The average molecular weight is 203 g/mol. The summed E-state index contributed by atoms with van der Waals surface area (Å²) in [6.07, 6.45) is 1.14. The molecule has 1 unspecified atom stereocenters. The molecule has 0 aromatic heterocycles. The number of nitrogens with zero attached hydrogens (tertiary/aromatic N) is 1. The van der Waals surface area contributed by atoms with Gasteiger partial charge in [0, 0.05) is 7.05 Å². The van der Waals surface area contributed by atoms with Crippen molar-refractivity contribution in [3.63, 3.8) is 0 Å². The van der Waals surface area contributed by atoms with Gasteiger partial charge in [0.25, 0.3) is 0 Å². The summed E-state index contributed by atoms with van der Waals surface area (Å²) < 4.78 is 4.84. The monoisotopic (exact) mass is 203 g/mol. The first-order valence-corrected chi connectivity index (χ1v) is 4.63. The first-order chi connectivity index (χ1) is 6.50. The second-order valence-corrected chi connectivity index (χ2v) is 3.09. The fraction of sp³-hybridized carbons (Fsp3) is 0.778. The molecule has 0 heterocycles. The van der Waals surface area contributed by atoms with Crippen molar-refractivity contribution in [1.29, 1.82) is 0 Å². The van der Waals surface area contributed by atoms with Crippen LogP contribution in [0.1, 0.15) is 26.7 Å². The van der Waals surface area contributed by atoms with E-state index in [1.54, 1.807) is 0 Å². The zero-order valence-corrected chi connectivity index (χ0v) is 8.82. The normalized spacial score (nSPS) is 11.9. The van der Waals surface area contributed by atoms with Crippen LogP contribution in [0.15, 0.2) is 0 Å². The molecule has 1 atom stereocenters. The summed E-state index contributed by atoms with van der Waals surface area (Å²) in [6.45, 7) is 3.76. The lowest BCUT2D eigenvalue weighted by molar-refractivity contribution is -0.141. The highest BCUT2D eigenvalue weighted by atomic mass is 16.6. The van der Waals surface area contributed by atoms with Crippen LogP contribution in [0.3, 0.4) is 0 Å². The fourth-order valence-corrected chi connectivity index (χ4v) is 0.729. The van der Waals surface area contributed by atoms with Gasteiger partial charge in [-0.05, 0) is 13.3 Å². The number of ether oxygens (including phenoxy) is 1. The maximum Gasteiger partial charge on any atom is 0.410 e. The Morgan fingerprint density at radius 1 is 1.50 bits per heavy atom. The molecule has 0 fully saturated rings. The van der Waals surface area contributed by atoms with Gasteiger partial charge in [-0.15, -0.1) is 0 Å². The van der Waals surface area contributed by atoms with Gasteiger partial charge in [0.2, 0.25) is 0 Å². The number of amides is 1. The summed E-state index contributed by atoms with van der Waals surface area (Å²) in [5.74, 6) is -1.04. The smallest absolute Gasteiger partial charge is 0.410 e. The minimum atomic E-state index is -1.04. The molecule has 0 saturated heterocycles. The van der Waals surface area contributed by atoms with Gasteiger partial charge < -0.3 is 9.84 Å². The molecule has 1 amide bonds. The Kier molecular flexibility index (Phi) is 5.67. The van der Waals surface area contributed by atoms with E-state index in [9.17, 15) is 9.59 Å². The van der Waals surface area contributed by atoms with Crippen LogP contribution in [0, 0.1) is 0 Å². The number of carboxylic acids is 1. The molecule has 0 bridgehead atoms. The van der Waals surface area contributed by atoms with Gasteiger partial charge in [0.15, 0.2) is 0 Å². The van der Waals surface area contributed by atoms with Gasteiger partial charge >= 0.3 is 12.1 Å². The molecule has 0 rings (SSSR count). The van der Waals surface area contributed by atoms with E-state index in [4.69, 9.17) is 9.84 Å². The molecule has 5 heteroatoms. The van der Waals surface area contributed by atoms with Crippen LogP contribution in [0.2, 0.25) is 0 Å². The molecule has 14 heavy (non-hydrogen) atoms. The fourth-order valence-electron chi connectivity index (χ4n) is 0.729. The molecular weight excluding hydrogens is 186 g/mol. The van der Waals surface area contributed by atoms with Crippen molar-refractivity contribution >= 4 is 12.1 Å². The van der Waals surface area contributed by atoms with Gasteiger partial charge in [0.05, 0.1) is 6.61 Å². The lowest BCUT2D eigenvalue weighted by Crippen LogP contribution is -2.40. The van der Waals surface area contributed by atoms with Crippen molar-refractivity contribution < 1.29 is 19.4 Å². The van der Waals surface area contributed by atoms with Crippen LogP contribution in [-0.4, -0.2) is 41.8 Å². The quantitative estimate of drug-likeness (QED) is 0.684. The van der Waals surface area contributed by atoms with Crippen molar-refractivity contribution in [1.82, 2.24) is 4.90 Å². The van der Waals surface area contributed by atoms with Crippen molar-refractivity contribution in [3.8, 4) is 0 Å². The highest BCUT2D eigenvalue weighted by molar-refractivity contribution is 5.79. The number of rotatable bonds is 5. The van der Waals surface area contributed by atoms with Gasteiger partial charge in [-0.1, -0.05) is 13.3 Å². The Morgan fingerprint density at radius 3 is 2.50 bits per heavy atom. The molecule has 82 valence electrons. The summed E-state index contributed by atoms with van der Waals surface area (Å²) in [5.41, 5.74) is 0. The SMILES string of the molecule is CCCCOC(=O)N(C)C(C)C(=O)O. The van der Waals surface area contributed by atoms with Gasteiger partial charge in [-0.25, -0.2) is 9.59 Å². The molecule has 0 saturated carbocycles. The van der Waals surface area contributed by atoms with E-state index >= 15 is 0 Å². The third-order valence-corrected chi connectivity index (χ3v) is 1.95. The zero-order valence-electron chi connectivity index (χ0n) is 8.82. The first kappa shape index (κ1) is 12.7. The lowest BCUT2D eigenvalue weighted by atomic mass is 10.3. The van der Waals surface area contributed by atoms with E-state index in [-0.39, 0.29) is 0 Å². The number of carbonyl (C=O) groups is 2. The molecule has 0 aromatic carbocycles. The van der Waals surface area contributed by atoms with Crippen LogP contribution in [-0.2, 0) is 9.53 Å². The molecule has 0 aromatic rings. The van der Waals surface area contributed by atoms with Crippen molar-refractivity contribution in [2.45, 2.75) is 32.7 Å². The number of carbonyl (C=O) groups excluding carboxylic acids is 1. The average Bonchev–Trinajstić information content (AvgIpc) is 2.15. The van der Waals surface area contributed by atoms with E-state index in [1.807, 2.05) is 6.92 Å². The molecule has 0 aliphatic heterocycles. The minimum Gasteiger partial charge on any atom is -0.480 e. The van der Waals surface area contributed by atoms with Gasteiger partial charge in [-0.2, -0.15) is 0 Å². The highest BCUT2D eigenvalue weighted by Crippen LogP contribution is 2.00. The molecular formula is C9H17NO4. The first-order valence-electron chi connectivity index (χ1n) is 4.63. The lowest BCUT2D eigenvalue weighted by Gasteiger charge is -2.20. The number of aliphatic carboxylic acids is 1. The predicted octanol–water partition coefficient (Wildman–Crippen LogP) is 1.33. The Morgan fingerprint density at radius 2 is 2.07 bits per heavy atom. The van der Waals surface area contributed by atoms with Gasteiger partial charge in [-0.3, -0.25) is 4.90 Å². The van der Waals surface area contributed by atoms with Crippen LogP contribution >= 0.6 is 0 Å². The third kappa shape index (κ3) is 4.11. The van der Waals surface area contributed by atoms with E-state index in [0.717, 1.165) is 17.7 Å². The van der Waals surface area contributed by atoms with Crippen LogP contribution in [0.5, 0.6) is 0 Å². The van der Waals surface area contributed by atoms with E-state index in [1.165, 1.54) is 14.0 Å². The Bertz CT molecular complexity index is 205. The van der Waals surface area contributed by atoms with Crippen LogP contribution < -0.4 is 0 Å². The predicted molar refractivity (Wildman–Crippen MR) is 51.1 cm³/mol. The number of hydrogen-bond acceptors (Lipinski definition) is 3. The highest BCUT2D eigenvalue weighted by Gasteiger charge is 2.22. The second kappa shape index (κ2) is 6.23. The molecule has 0 radical (unpaired) electrons. The van der Waals surface area contributed by atoms with Crippen molar-refractivity contribution in [2.24, 2.45) is 0 Å². The number of hydrogen-bond donors (Lipinski definition) is 1. The number of likely N-dealkylation sites (N-methyl/N-ethyl adjacent to an activating group) is 1. The Hall–Kier alpha value is -1.26. The Balaban J connectivity index is 3.92. The molecule has 1 N–H and O–H groups in total. The Labute approximate surface area is 83.6 Å². The standard InChI is InChI=1S/C9H17NO4/c1-4-5-6-14-9(13)10(3)7(2)8(11)12/h7H,4-6H2,1-3H3,(H,11,12).